The van der Waals surface area contributed by atoms with Gasteiger partial charge in [-0.05, 0) is 12.7 Å². The van der Waals surface area contributed by atoms with Crippen LogP contribution >= 0.6 is 58.8 Å². The Balaban J connectivity index is 3.08. The first-order chi connectivity index (χ1) is 8.31. The van der Waals surface area contributed by atoms with Crippen molar-refractivity contribution in [1.29, 1.82) is 0 Å². The van der Waals surface area contributed by atoms with Gasteiger partial charge in [0.2, 0.25) is 0 Å². The fourth-order valence-corrected chi connectivity index (χ4v) is 5.37. The first kappa shape index (κ1) is 18.2. The standard InChI is InChI=1S/C9H19NO2S5/c1-13-6-15-8-16-7-14-5-10-9(12)17-4-2-3-11/h11H,2-8H2,1H3,(H,10,12). The zero-order valence-electron chi connectivity index (χ0n) is 9.85. The number of aliphatic hydroxyl groups is 1. The second-order valence-corrected chi connectivity index (χ2v) is 8.78. The SMILES string of the molecule is CSCSCSCSCNC(=O)SCCCO. The van der Waals surface area contributed by atoms with Crippen LogP contribution in [0, 0.1) is 0 Å². The minimum Gasteiger partial charge on any atom is -0.396 e. The zero-order chi connectivity index (χ0) is 12.8. The Hall–Kier alpha value is 1.18. The largest absolute Gasteiger partial charge is 0.396 e. The number of nitrogens with one attached hydrogen (secondary N) is 1. The molecule has 0 saturated heterocycles. The van der Waals surface area contributed by atoms with Crippen LogP contribution in [0.2, 0.25) is 0 Å². The van der Waals surface area contributed by atoms with E-state index in [9.17, 15) is 4.79 Å². The predicted octanol–water partition coefficient (Wildman–Crippen LogP) is 3.20. The van der Waals surface area contributed by atoms with Gasteiger partial charge in [-0.15, -0.1) is 35.3 Å². The van der Waals surface area contributed by atoms with Gasteiger partial charge in [-0.3, -0.25) is 4.79 Å². The number of aliphatic hydroxyl groups excluding tert-OH is 1. The van der Waals surface area contributed by atoms with E-state index in [1.165, 1.54) is 11.8 Å². The molecule has 0 aliphatic rings. The maximum Gasteiger partial charge on any atom is 0.279 e. The van der Waals surface area contributed by atoms with Gasteiger partial charge < -0.3 is 10.4 Å². The molecule has 17 heavy (non-hydrogen) atoms. The average Bonchev–Trinajstić information content (AvgIpc) is 2.33. The molecule has 0 aromatic rings. The summed E-state index contributed by atoms with van der Waals surface area (Å²) in [5, 5.41) is 14.7. The predicted molar refractivity (Wildman–Crippen MR) is 88.4 cm³/mol. The number of hydrogen-bond donors (Lipinski definition) is 2. The van der Waals surface area contributed by atoms with Crippen LogP contribution in [0.3, 0.4) is 0 Å². The van der Waals surface area contributed by atoms with Gasteiger partial charge in [-0.25, -0.2) is 0 Å². The Labute approximate surface area is 125 Å². The molecular formula is C9H19NO2S5. The Morgan fingerprint density at radius 1 is 1.18 bits per heavy atom. The van der Waals surface area contributed by atoms with Crippen molar-refractivity contribution in [1.82, 2.24) is 5.32 Å². The van der Waals surface area contributed by atoms with Crippen LogP contribution in [0.4, 0.5) is 4.79 Å². The summed E-state index contributed by atoms with van der Waals surface area (Å²) in [6, 6.07) is 0. The van der Waals surface area contributed by atoms with Gasteiger partial charge in [0.25, 0.3) is 5.24 Å². The highest BCUT2D eigenvalue weighted by Crippen LogP contribution is 2.19. The average molecular weight is 334 g/mol. The fraction of sp³-hybridized carbons (Fsp3) is 0.889. The molecule has 0 aliphatic carbocycles. The lowest BCUT2D eigenvalue weighted by atomic mass is 10.5. The van der Waals surface area contributed by atoms with Gasteiger partial charge in [0.05, 0.1) is 5.88 Å². The summed E-state index contributed by atoms with van der Waals surface area (Å²) in [5.41, 5.74) is 0. The van der Waals surface area contributed by atoms with Crippen LogP contribution in [-0.2, 0) is 0 Å². The summed E-state index contributed by atoms with van der Waals surface area (Å²) in [6.45, 7) is 0.152. The Bertz CT molecular complexity index is 185. The van der Waals surface area contributed by atoms with E-state index in [-0.39, 0.29) is 11.8 Å². The van der Waals surface area contributed by atoms with E-state index in [1.54, 1.807) is 11.8 Å². The number of thioether (sulfide) groups is 5. The van der Waals surface area contributed by atoms with Gasteiger partial charge in [0, 0.05) is 27.6 Å². The number of carbonyl (C=O) groups is 1. The first-order valence-electron chi connectivity index (χ1n) is 5.05. The normalized spacial score (nSPS) is 10.5. The number of carbonyl (C=O) groups excluding carboxylic acids is 1. The summed E-state index contributed by atoms with van der Waals surface area (Å²) in [7, 11) is 0. The summed E-state index contributed by atoms with van der Waals surface area (Å²) in [5.74, 6) is 1.36. The number of hydrogen-bond acceptors (Lipinski definition) is 7. The number of rotatable bonds is 11. The molecule has 8 heteroatoms. The van der Waals surface area contributed by atoms with Gasteiger partial charge in [0.1, 0.15) is 0 Å². The van der Waals surface area contributed by atoms with Crippen molar-refractivity contribution in [3.63, 3.8) is 0 Å². The molecule has 0 fully saturated rings. The molecule has 0 atom stereocenters. The molecule has 102 valence electrons. The lowest BCUT2D eigenvalue weighted by molar-refractivity contribution is 0.262. The smallest absolute Gasteiger partial charge is 0.279 e. The van der Waals surface area contributed by atoms with Gasteiger partial charge >= 0.3 is 0 Å². The van der Waals surface area contributed by atoms with Crippen molar-refractivity contribution < 1.29 is 9.90 Å². The molecule has 0 rings (SSSR count). The van der Waals surface area contributed by atoms with E-state index in [0.717, 1.165) is 15.3 Å². The van der Waals surface area contributed by atoms with Crippen molar-refractivity contribution in [2.75, 3.05) is 39.7 Å². The minimum absolute atomic E-state index is 0.00714. The third kappa shape index (κ3) is 15.1. The lowest BCUT2D eigenvalue weighted by Crippen LogP contribution is -2.18. The van der Waals surface area contributed by atoms with Crippen LogP contribution in [0.15, 0.2) is 0 Å². The van der Waals surface area contributed by atoms with Crippen molar-refractivity contribution in [2.45, 2.75) is 6.42 Å². The second-order valence-electron chi connectivity index (χ2n) is 2.79. The molecule has 0 unspecified atom stereocenters. The molecule has 0 spiro atoms. The van der Waals surface area contributed by atoms with E-state index < -0.39 is 0 Å². The molecule has 1 amide bonds. The Morgan fingerprint density at radius 3 is 2.59 bits per heavy atom. The summed E-state index contributed by atoms with van der Waals surface area (Å²) >= 11 is 8.63. The molecule has 0 radical (unpaired) electrons. The van der Waals surface area contributed by atoms with Gasteiger partial charge in [-0.1, -0.05) is 11.8 Å². The highest BCUT2D eigenvalue weighted by Gasteiger charge is 2.00. The molecular weight excluding hydrogens is 314 g/mol. The Kier molecular flexibility index (Phi) is 16.3. The third-order valence-electron chi connectivity index (χ3n) is 1.39. The molecule has 0 heterocycles. The molecule has 2 N–H and O–H groups in total. The highest BCUT2D eigenvalue weighted by atomic mass is 32.2. The maximum atomic E-state index is 11.2. The van der Waals surface area contributed by atoms with Crippen LogP contribution in [-0.4, -0.2) is 50.1 Å². The quantitative estimate of drug-likeness (QED) is 0.445. The van der Waals surface area contributed by atoms with Crippen molar-refractivity contribution >= 4 is 64.0 Å². The number of amides is 1. The van der Waals surface area contributed by atoms with Crippen LogP contribution < -0.4 is 5.32 Å². The molecule has 0 saturated carbocycles. The Morgan fingerprint density at radius 2 is 1.88 bits per heavy atom. The summed E-state index contributed by atoms with van der Waals surface area (Å²) in [6.07, 6.45) is 2.78. The summed E-state index contributed by atoms with van der Waals surface area (Å²) in [4.78, 5) is 11.2. The van der Waals surface area contributed by atoms with E-state index >= 15 is 0 Å². The topological polar surface area (TPSA) is 49.3 Å². The lowest BCUT2D eigenvalue weighted by Gasteiger charge is -2.04. The highest BCUT2D eigenvalue weighted by molar-refractivity contribution is 8.25. The minimum atomic E-state index is 0.00714. The molecule has 0 aromatic carbocycles. The summed E-state index contributed by atoms with van der Waals surface area (Å²) < 4.78 is 0. The second kappa shape index (κ2) is 15.2. The molecule has 0 aromatic heterocycles. The van der Waals surface area contributed by atoms with Crippen LogP contribution in [0.1, 0.15) is 6.42 Å². The van der Waals surface area contributed by atoms with Crippen molar-refractivity contribution in [3.8, 4) is 0 Å². The maximum absolute atomic E-state index is 11.2. The van der Waals surface area contributed by atoms with Crippen LogP contribution in [0.25, 0.3) is 0 Å². The fourth-order valence-electron chi connectivity index (χ4n) is 0.701. The van der Waals surface area contributed by atoms with E-state index in [4.69, 9.17) is 5.11 Å². The van der Waals surface area contributed by atoms with E-state index in [0.29, 0.717) is 18.1 Å². The van der Waals surface area contributed by atoms with Crippen LogP contribution in [0.5, 0.6) is 0 Å². The van der Waals surface area contributed by atoms with Gasteiger partial charge in [-0.2, -0.15) is 11.8 Å². The van der Waals surface area contributed by atoms with Gasteiger partial charge in [0.15, 0.2) is 0 Å². The van der Waals surface area contributed by atoms with Crippen molar-refractivity contribution in [3.05, 3.63) is 0 Å². The molecule has 0 bridgehead atoms. The molecule has 0 aliphatic heterocycles. The zero-order valence-corrected chi connectivity index (χ0v) is 13.9. The monoisotopic (exact) mass is 333 g/mol. The third-order valence-corrected chi connectivity index (χ3v) is 6.91. The van der Waals surface area contributed by atoms with Crippen molar-refractivity contribution in [2.24, 2.45) is 0 Å². The van der Waals surface area contributed by atoms with E-state index in [2.05, 4.69) is 11.6 Å². The van der Waals surface area contributed by atoms with E-state index in [1.807, 2.05) is 35.3 Å². The first-order valence-corrected chi connectivity index (χ1v) is 10.9. The molecule has 3 nitrogen and oxygen atoms in total.